The molecule has 1 amide bonds. The fraction of sp³-hybridized carbons (Fsp3) is 0.909. The van der Waals surface area contributed by atoms with Crippen molar-refractivity contribution in [1.82, 2.24) is 4.90 Å². The van der Waals surface area contributed by atoms with Crippen LogP contribution in [-0.2, 0) is 9.47 Å². The average molecular weight is 231 g/mol. The van der Waals surface area contributed by atoms with Crippen LogP contribution in [0.3, 0.4) is 0 Å². The number of rotatable bonds is 2. The number of nitrogens with zero attached hydrogens (tertiary/aromatic N) is 1. The van der Waals surface area contributed by atoms with Gasteiger partial charge in [0.25, 0.3) is 0 Å². The zero-order valence-corrected chi connectivity index (χ0v) is 10.4. The molecule has 1 saturated heterocycles. The van der Waals surface area contributed by atoms with Gasteiger partial charge in [-0.15, -0.1) is 0 Å². The van der Waals surface area contributed by atoms with E-state index < -0.39 is 5.60 Å². The van der Waals surface area contributed by atoms with Gasteiger partial charge in [-0.1, -0.05) is 0 Å². The smallest absolute Gasteiger partial charge is 0.444 e. The molecule has 1 unspecified atom stereocenters. The molecule has 0 aromatic heterocycles. The number of morpholine rings is 1. The van der Waals surface area contributed by atoms with Crippen LogP contribution in [0.25, 0.3) is 0 Å². The molecule has 1 aliphatic heterocycles. The number of hydrogen-bond donors (Lipinski definition) is 1. The number of hydrogen-bond acceptors (Lipinski definition) is 4. The summed E-state index contributed by atoms with van der Waals surface area (Å²) >= 11 is 0. The van der Waals surface area contributed by atoms with Crippen LogP contribution in [0.5, 0.6) is 0 Å². The van der Waals surface area contributed by atoms with Crippen molar-refractivity contribution in [2.45, 2.75) is 38.9 Å². The first-order valence-electron chi connectivity index (χ1n) is 5.72. The molecule has 94 valence electrons. The molecule has 0 radical (unpaired) electrons. The molecular weight excluding hydrogens is 208 g/mol. The van der Waals surface area contributed by atoms with Crippen LogP contribution in [0.15, 0.2) is 0 Å². The first-order valence-corrected chi connectivity index (χ1v) is 5.72. The van der Waals surface area contributed by atoms with Gasteiger partial charge in [0.2, 0.25) is 0 Å². The van der Waals surface area contributed by atoms with Crippen molar-refractivity contribution in [3.63, 3.8) is 0 Å². The zero-order valence-electron chi connectivity index (χ0n) is 11.4. The van der Waals surface area contributed by atoms with E-state index in [2.05, 4.69) is 0 Å². The summed E-state index contributed by atoms with van der Waals surface area (Å²) < 4.78 is 10.8. The van der Waals surface area contributed by atoms with Crippen LogP contribution in [0, 0.1) is 0 Å². The first kappa shape index (κ1) is 13.3. The van der Waals surface area contributed by atoms with Gasteiger partial charge in [-0.3, -0.25) is 0 Å². The Labute approximate surface area is 98.4 Å². The van der Waals surface area contributed by atoms with Gasteiger partial charge in [0.15, 0.2) is 0 Å². The highest BCUT2D eigenvalue weighted by atomic mass is 16.6. The molecule has 16 heavy (non-hydrogen) atoms. The molecule has 0 aromatic rings. The van der Waals surface area contributed by atoms with Crippen molar-refractivity contribution in [2.75, 3.05) is 26.2 Å². The third-order valence-electron chi connectivity index (χ3n) is 2.28. The van der Waals surface area contributed by atoms with Crippen LogP contribution >= 0.6 is 0 Å². The SMILES string of the molecule is CC(C)(C)OC(=O)N1CCOC(CCN)C1.[H+]. The Kier molecular flexibility index (Phi) is 4.56. The summed E-state index contributed by atoms with van der Waals surface area (Å²) in [5.41, 5.74) is 5.02. The van der Waals surface area contributed by atoms with Crippen molar-refractivity contribution < 1.29 is 15.7 Å². The molecule has 1 heterocycles. The maximum absolute atomic E-state index is 11.8. The number of carbonyl (C=O) groups is 1. The van der Waals surface area contributed by atoms with Crippen LogP contribution < -0.4 is 5.73 Å². The van der Waals surface area contributed by atoms with Gasteiger partial charge in [-0.2, -0.15) is 0 Å². The summed E-state index contributed by atoms with van der Waals surface area (Å²) in [4.78, 5) is 13.5. The van der Waals surface area contributed by atoms with Crippen molar-refractivity contribution >= 4 is 6.09 Å². The predicted octanol–water partition coefficient (Wildman–Crippen LogP) is 1.08. The van der Waals surface area contributed by atoms with Crippen LogP contribution in [0.4, 0.5) is 4.79 Å². The first-order chi connectivity index (χ1) is 7.42. The molecular formula is C11H23N2O3+. The van der Waals surface area contributed by atoms with E-state index >= 15 is 0 Å². The lowest BCUT2D eigenvalue weighted by Crippen LogP contribution is -2.47. The Hall–Kier alpha value is -0.810. The fourth-order valence-electron chi connectivity index (χ4n) is 1.57. The number of ether oxygens (including phenoxy) is 2. The van der Waals surface area contributed by atoms with E-state index in [4.69, 9.17) is 15.2 Å². The van der Waals surface area contributed by atoms with Crippen LogP contribution in [0.2, 0.25) is 0 Å². The highest BCUT2D eigenvalue weighted by molar-refractivity contribution is 5.68. The molecule has 1 fully saturated rings. The molecule has 1 aliphatic rings. The van der Waals surface area contributed by atoms with Gasteiger partial charge in [0, 0.05) is 6.54 Å². The Morgan fingerprint density at radius 1 is 1.62 bits per heavy atom. The molecule has 0 bridgehead atoms. The maximum Gasteiger partial charge on any atom is 1.00 e. The largest absolute Gasteiger partial charge is 1.00 e. The molecule has 1 rings (SSSR count). The van der Waals surface area contributed by atoms with Crippen molar-refractivity contribution in [2.24, 2.45) is 5.73 Å². The summed E-state index contributed by atoms with van der Waals surface area (Å²) in [7, 11) is 0. The van der Waals surface area contributed by atoms with Gasteiger partial charge in [-0.05, 0) is 33.7 Å². The van der Waals surface area contributed by atoms with Crippen LogP contribution in [0.1, 0.15) is 28.6 Å². The summed E-state index contributed by atoms with van der Waals surface area (Å²) in [6, 6.07) is 0. The zero-order chi connectivity index (χ0) is 12.2. The number of nitrogens with two attached hydrogens (primary N) is 1. The van der Waals surface area contributed by atoms with E-state index in [1.165, 1.54) is 0 Å². The second kappa shape index (κ2) is 5.50. The quantitative estimate of drug-likeness (QED) is 0.772. The highest BCUT2D eigenvalue weighted by Crippen LogP contribution is 2.13. The molecule has 0 aliphatic carbocycles. The second-order valence-electron chi connectivity index (χ2n) is 5.00. The standard InChI is InChI=1S/C11H22N2O3/c1-11(2,3)16-10(14)13-6-7-15-9(8-13)4-5-12/h9H,4-8,12H2,1-3H3/p+1. The number of carbonyl (C=O) groups excluding carboxylic acids is 1. The fourth-order valence-corrected chi connectivity index (χ4v) is 1.57. The minimum absolute atomic E-state index is 0. The van der Waals surface area contributed by atoms with E-state index in [-0.39, 0.29) is 13.6 Å². The monoisotopic (exact) mass is 231 g/mol. The van der Waals surface area contributed by atoms with Gasteiger partial charge >= 0.3 is 7.52 Å². The third-order valence-corrected chi connectivity index (χ3v) is 2.28. The molecule has 0 spiro atoms. The molecule has 2 N–H and O–H groups in total. The summed E-state index contributed by atoms with van der Waals surface area (Å²) in [6.45, 7) is 7.90. The lowest BCUT2D eigenvalue weighted by atomic mass is 10.2. The molecule has 1 atom stereocenters. The lowest BCUT2D eigenvalue weighted by Gasteiger charge is -2.34. The maximum atomic E-state index is 11.8. The predicted molar refractivity (Wildman–Crippen MR) is 62.3 cm³/mol. The van der Waals surface area contributed by atoms with Gasteiger partial charge in [0.1, 0.15) is 5.60 Å². The topological polar surface area (TPSA) is 64.8 Å². The minimum atomic E-state index is -0.446. The molecule has 0 saturated carbocycles. The van der Waals surface area contributed by atoms with E-state index in [1.807, 2.05) is 20.8 Å². The van der Waals surface area contributed by atoms with E-state index in [9.17, 15) is 4.79 Å². The van der Waals surface area contributed by atoms with E-state index in [1.54, 1.807) is 4.90 Å². The molecule has 5 heteroatoms. The van der Waals surface area contributed by atoms with Gasteiger partial charge in [-0.25, -0.2) is 4.79 Å². The Balaban J connectivity index is 0.00000256. The van der Waals surface area contributed by atoms with Crippen molar-refractivity contribution in [3.05, 3.63) is 0 Å². The van der Waals surface area contributed by atoms with Gasteiger partial charge < -0.3 is 20.1 Å². The Bertz CT molecular complexity index is 241. The second-order valence-corrected chi connectivity index (χ2v) is 5.00. The van der Waals surface area contributed by atoms with E-state index in [0.29, 0.717) is 26.2 Å². The summed E-state index contributed by atoms with van der Waals surface area (Å²) in [5.74, 6) is 0. The van der Waals surface area contributed by atoms with Gasteiger partial charge in [0.05, 0.1) is 19.3 Å². The third kappa shape index (κ3) is 4.37. The average Bonchev–Trinajstić information content (AvgIpc) is 2.16. The number of amides is 1. The van der Waals surface area contributed by atoms with Crippen molar-refractivity contribution in [3.8, 4) is 0 Å². The minimum Gasteiger partial charge on any atom is -0.444 e. The van der Waals surface area contributed by atoms with Crippen molar-refractivity contribution in [1.29, 1.82) is 0 Å². The van der Waals surface area contributed by atoms with Crippen LogP contribution in [-0.4, -0.2) is 48.9 Å². The summed E-state index contributed by atoms with van der Waals surface area (Å²) in [5, 5.41) is 0. The molecule has 5 nitrogen and oxygen atoms in total. The normalized spacial score (nSPS) is 22.0. The van der Waals surface area contributed by atoms with E-state index in [0.717, 1.165) is 6.42 Å². The highest BCUT2D eigenvalue weighted by Gasteiger charge is 2.27. The molecule has 0 aromatic carbocycles. The Morgan fingerprint density at radius 3 is 2.88 bits per heavy atom. The Morgan fingerprint density at radius 2 is 2.31 bits per heavy atom. The summed E-state index contributed by atoms with van der Waals surface area (Å²) in [6.07, 6.45) is 0.559. The lowest BCUT2D eigenvalue weighted by molar-refractivity contribution is -0.0436.